The Morgan fingerprint density at radius 2 is 2.00 bits per heavy atom. The lowest BCUT2D eigenvalue weighted by molar-refractivity contribution is -0.139. The lowest BCUT2D eigenvalue weighted by Gasteiger charge is -1.95. The van der Waals surface area contributed by atoms with Crippen molar-refractivity contribution in [3.05, 3.63) is 12.2 Å². The zero-order chi connectivity index (χ0) is 8.69. The van der Waals surface area contributed by atoms with Gasteiger partial charge in [-0.3, -0.25) is 0 Å². The molecule has 0 saturated carbocycles. The van der Waals surface area contributed by atoms with Gasteiger partial charge in [0.15, 0.2) is 0 Å². The molecular weight excluding hydrogens is 152 g/mol. The summed E-state index contributed by atoms with van der Waals surface area (Å²) in [7, 11) is 0. The van der Waals surface area contributed by atoms with Crippen LogP contribution in [-0.2, 0) is 14.3 Å². The number of aliphatic hydroxyl groups is 1. The molecule has 0 spiro atoms. The molecule has 0 fully saturated rings. The first-order valence-electron chi connectivity index (χ1n) is 2.85. The van der Waals surface area contributed by atoms with Crippen LogP contribution in [0.25, 0.3) is 0 Å². The molecule has 0 aromatic carbocycles. The third-order valence-electron chi connectivity index (χ3n) is 0.698. The third kappa shape index (κ3) is 6.53. The van der Waals surface area contributed by atoms with Gasteiger partial charge in [-0.05, 0) is 0 Å². The molecule has 0 aromatic rings. The monoisotopic (exact) mass is 160 g/mol. The van der Waals surface area contributed by atoms with E-state index in [1.165, 1.54) is 0 Å². The van der Waals surface area contributed by atoms with Crippen LogP contribution >= 0.6 is 0 Å². The van der Waals surface area contributed by atoms with Crippen molar-refractivity contribution in [1.82, 2.24) is 0 Å². The molecular formula is C6H8O5. The molecule has 0 bridgehead atoms. The summed E-state index contributed by atoms with van der Waals surface area (Å²) in [6.07, 6.45) is 1.44. The molecule has 5 heteroatoms. The molecule has 62 valence electrons. The lowest BCUT2D eigenvalue weighted by atomic mass is 10.5. The van der Waals surface area contributed by atoms with Crippen molar-refractivity contribution in [2.24, 2.45) is 0 Å². The minimum Gasteiger partial charge on any atom is -0.478 e. The van der Waals surface area contributed by atoms with E-state index in [9.17, 15) is 9.59 Å². The van der Waals surface area contributed by atoms with Crippen molar-refractivity contribution in [2.75, 3.05) is 13.2 Å². The molecule has 0 unspecified atom stereocenters. The van der Waals surface area contributed by atoms with Gasteiger partial charge >= 0.3 is 11.9 Å². The first-order chi connectivity index (χ1) is 5.16. The van der Waals surface area contributed by atoms with Crippen LogP contribution in [0.1, 0.15) is 0 Å². The Labute approximate surface area is 62.9 Å². The van der Waals surface area contributed by atoms with Gasteiger partial charge < -0.3 is 14.9 Å². The van der Waals surface area contributed by atoms with E-state index < -0.39 is 11.9 Å². The Hall–Kier alpha value is -1.36. The number of carbonyl (C=O) groups excluding carboxylic acids is 1. The van der Waals surface area contributed by atoms with E-state index in [2.05, 4.69) is 4.74 Å². The van der Waals surface area contributed by atoms with E-state index in [-0.39, 0.29) is 13.2 Å². The van der Waals surface area contributed by atoms with Crippen molar-refractivity contribution < 1.29 is 24.5 Å². The van der Waals surface area contributed by atoms with Crippen LogP contribution in [0.15, 0.2) is 12.2 Å². The second-order valence-corrected chi connectivity index (χ2v) is 1.56. The van der Waals surface area contributed by atoms with Gasteiger partial charge in [0.25, 0.3) is 0 Å². The van der Waals surface area contributed by atoms with E-state index in [1.807, 2.05) is 0 Å². The Morgan fingerprint density at radius 3 is 2.45 bits per heavy atom. The highest BCUT2D eigenvalue weighted by molar-refractivity contribution is 5.90. The minimum atomic E-state index is -1.22. The molecule has 5 nitrogen and oxygen atoms in total. The van der Waals surface area contributed by atoms with Crippen molar-refractivity contribution in [3.63, 3.8) is 0 Å². The highest BCUT2D eigenvalue weighted by Crippen LogP contribution is 1.80. The Balaban J connectivity index is 3.60. The highest BCUT2D eigenvalue weighted by atomic mass is 16.5. The van der Waals surface area contributed by atoms with Gasteiger partial charge in [0, 0.05) is 12.2 Å². The van der Waals surface area contributed by atoms with Crippen molar-refractivity contribution in [1.29, 1.82) is 0 Å². The topological polar surface area (TPSA) is 83.8 Å². The van der Waals surface area contributed by atoms with Crippen LogP contribution < -0.4 is 0 Å². The predicted molar refractivity (Wildman–Crippen MR) is 34.8 cm³/mol. The van der Waals surface area contributed by atoms with Crippen LogP contribution in [0.4, 0.5) is 0 Å². The fraction of sp³-hybridized carbons (Fsp3) is 0.333. The number of aliphatic hydroxyl groups excluding tert-OH is 1. The normalized spacial score (nSPS) is 9.91. The molecule has 0 saturated heterocycles. The summed E-state index contributed by atoms with van der Waals surface area (Å²) in [5.41, 5.74) is 0. The number of carboxylic acid groups (broad SMARTS) is 1. The van der Waals surface area contributed by atoms with Crippen molar-refractivity contribution >= 4 is 11.9 Å². The summed E-state index contributed by atoms with van der Waals surface area (Å²) in [5.74, 6) is -1.99. The third-order valence-corrected chi connectivity index (χ3v) is 0.698. The number of rotatable bonds is 4. The molecule has 0 amide bonds. The smallest absolute Gasteiger partial charge is 0.331 e. The van der Waals surface area contributed by atoms with Crippen LogP contribution in [0.3, 0.4) is 0 Å². The van der Waals surface area contributed by atoms with Crippen LogP contribution in [0.2, 0.25) is 0 Å². The number of ether oxygens (including phenoxy) is 1. The van der Waals surface area contributed by atoms with Crippen LogP contribution in [-0.4, -0.2) is 35.4 Å². The van der Waals surface area contributed by atoms with Gasteiger partial charge in [0.2, 0.25) is 0 Å². The first-order valence-corrected chi connectivity index (χ1v) is 2.85. The SMILES string of the molecule is O=C(O)C=CC(=O)OCCO. The summed E-state index contributed by atoms with van der Waals surface area (Å²) in [6.45, 7) is -0.393. The van der Waals surface area contributed by atoms with Crippen molar-refractivity contribution in [3.8, 4) is 0 Å². The molecule has 11 heavy (non-hydrogen) atoms. The second-order valence-electron chi connectivity index (χ2n) is 1.56. The highest BCUT2D eigenvalue weighted by Gasteiger charge is 1.95. The zero-order valence-electron chi connectivity index (χ0n) is 5.69. The second kappa shape index (κ2) is 5.43. The molecule has 0 aliphatic carbocycles. The summed E-state index contributed by atoms with van der Waals surface area (Å²) in [4.78, 5) is 20.3. The van der Waals surface area contributed by atoms with Gasteiger partial charge in [-0.15, -0.1) is 0 Å². The van der Waals surface area contributed by atoms with Gasteiger partial charge in [-0.25, -0.2) is 9.59 Å². The Bertz CT molecular complexity index is 172. The van der Waals surface area contributed by atoms with E-state index >= 15 is 0 Å². The first kappa shape index (κ1) is 9.64. The minimum absolute atomic E-state index is 0.122. The Morgan fingerprint density at radius 1 is 1.36 bits per heavy atom. The molecule has 0 aromatic heterocycles. The predicted octanol–water partition coefficient (Wildman–Crippen LogP) is -0.837. The maximum absolute atomic E-state index is 10.4. The number of hydrogen-bond donors (Lipinski definition) is 2. The van der Waals surface area contributed by atoms with E-state index in [0.717, 1.165) is 6.08 Å². The molecule has 0 aliphatic rings. The number of hydrogen-bond acceptors (Lipinski definition) is 4. The van der Waals surface area contributed by atoms with Crippen LogP contribution in [0.5, 0.6) is 0 Å². The summed E-state index contributed by atoms with van der Waals surface area (Å²) >= 11 is 0. The van der Waals surface area contributed by atoms with Crippen molar-refractivity contribution in [2.45, 2.75) is 0 Å². The van der Waals surface area contributed by atoms with Gasteiger partial charge in [-0.2, -0.15) is 0 Å². The summed E-state index contributed by atoms with van der Waals surface area (Å²) in [6, 6.07) is 0. The molecule has 0 aliphatic heterocycles. The maximum atomic E-state index is 10.4. The fourth-order valence-corrected chi connectivity index (χ4v) is 0.334. The molecule has 0 radical (unpaired) electrons. The van der Waals surface area contributed by atoms with Gasteiger partial charge in [0.05, 0.1) is 6.61 Å². The fourth-order valence-electron chi connectivity index (χ4n) is 0.334. The standard InChI is InChI=1S/C6H8O5/c7-3-4-11-6(10)2-1-5(8)9/h1-2,7H,3-4H2,(H,8,9). The van der Waals surface area contributed by atoms with E-state index in [0.29, 0.717) is 6.08 Å². The van der Waals surface area contributed by atoms with E-state index in [1.54, 1.807) is 0 Å². The van der Waals surface area contributed by atoms with E-state index in [4.69, 9.17) is 10.2 Å². The zero-order valence-corrected chi connectivity index (χ0v) is 5.69. The molecule has 0 rings (SSSR count). The maximum Gasteiger partial charge on any atom is 0.331 e. The summed E-state index contributed by atoms with van der Waals surface area (Å²) < 4.78 is 4.30. The van der Waals surface area contributed by atoms with Gasteiger partial charge in [-0.1, -0.05) is 0 Å². The molecule has 0 atom stereocenters. The largest absolute Gasteiger partial charge is 0.478 e. The number of aliphatic carboxylic acids is 1. The number of carboxylic acids is 1. The quantitative estimate of drug-likeness (QED) is 0.414. The average Bonchev–Trinajstić information content (AvgIpc) is 1.97. The molecule has 2 N–H and O–H groups in total. The van der Waals surface area contributed by atoms with Gasteiger partial charge in [0.1, 0.15) is 6.61 Å². The van der Waals surface area contributed by atoms with Crippen LogP contribution in [0, 0.1) is 0 Å². The molecule has 0 heterocycles. The number of carbonyl (C=O) groups is 2. The summed E-state index contributed by atoms with van der Waals surface area (Å²) in [5, 5.41) is 16.2. The average molecular weight is 160 g/mol. The Kier molecular flexibility index (Phi) is 4.76. The lowest BCUT2D eigenvalue weighted by Crippen LogP contribution is -2.05. The number of esters is 1.